The minimum atomic E-state index is -2.55. The molecule has 0 bridgehead atoms. The van der Waals surface area contributed by atoms with Crippen LogP contribution < -0.4 is 31.5 Å². The van der Waals surface area contributed by atoms with E-state index >= 15 is 0 Å². The maximum absolute atomic E-state index is 12.7. The minimum absolute atomic E-state index is 0.00439. The van der Waals surface area contributed by atoms with Gasteiger partial charge in [-0.05, 0) is 25.1 Å². The zero-order chi connectivity index (χ0) is 21.7. The van der Waals surface area contributed by atoms with Crippen LogP contribution in [0.15, 0.2) is 47.8 Å². The molecule has 160 valence electrons. The molecule has 11 heteroatoms. The zero-order valence-electron chi connectivity index (χ0n) is 16.4. The number of aromatic nitrogens is 2. The van der Waals surface area contributed by atoms with Crippen molar-refractivity contribution in [3.05, 3.63) is 53.4 Å². The summed E-state index contributed by atoms with van der Waals surface area (Å²) in [5, 5.41) is 12.1. The van der Waals surface area contributed by atoms with Crippen LogP contribution in [-0.2, 0) is 4.79 Å². The van der Waals surface area contributed by atoms with Gasteiger partial charge in [-0.15, -0.1) is 10.2 Å². The summed E-state index contributed by atoms with van der Waals surface area (Å²) in [6.07, 6.45) is -2.55. The molecule has 0 saturated carbocycles. The van der Waals surface area contributed by atoms with Gasteiger partial charge in [0.25, 0.3) is 6.43 Å². The Hall–Kier alpha value is -3.47. The number of halogens is 2. The summed E-state index contributed by atoms with van der Waals surface area (Å²) in [6, 6.07) is 8.91. The van der Waals surface area contributed by atoms with Gasteiger partial charge in [0.1, 0.15) is 6.61 Å². The number of amides is 1. The van der Waals surface area contributed by atoms with Crippen LogP contribution in [0.25, 0.3) is 0 Å². The van der Waals surface area contributed by atoms with E-state index < -0.39 is 6.43 Å². The average molecular weight is 419 g/mol. The van der Waals surface area contributed by atoms with E-state index in [-0.39, 0.29) is 30.5 Å². The highest BCUT2D eigenvalue weighted by Crippen LogP contribution is 2.24. The van der Waals surface area contributed by atoms with Gasteiger partial charge in [0.05, 0.1) is 17.9 Å². The molecular weight excluding hydrogens is 396 g/mol. The third-order valence-electron chi connectivity index (χ3n) is 4.51. The molecule has 1 fully saturated rings. The van der Waals surface area contributed by atoms with Gasteiger partial charge in [-0.2, -0.15) is 0 Å². The number of nitrogens with one attached hydrogen (secondary N) is 1. The normalized spacial score (nSPS) is 15.0. The molecule has 30 heavy (non-hydrogen) atoms. The van der Waals surface area contributed by atoms with Gasteiger partial charge >= 0.3 is 0 Å². The fourth-order valence-corrected chi connectivity index (χ4v) is 2.84. The van der Waals surface area contributed by atoms with Crippen molar-refractivity contribution in [2.24, 2.45) is 11.6 Å². The summed E-state index contributed by atoms with van der Waals surface area (Å²) in [5.41, 5.74) is 7.16. The number of allylic oxidation sites excluding steroid dienone is 1. The number of benzene rings is 1. The number of nitrogens with two attached hydrogens (primary N) is 2. The SMILES string of the molecule is C/C(N)=C(\COc1ccc(N2CCNC(=O)C2)nn1)N(N)c1ccc(C(F)F)cc1. The van der Waals surface area contributed by atoms with E-state index in [4.69, 9.17) is 16.3 Å². The first-order valence-corrected chi connectivity index (χ1v) is 9.21. The first kappa shape index (κ1) is 21.2. The van der Waals surface area contributed by atoms with Crippen LogP contribution in [0.2, 0.25) is 0 Å². The molecule has 1 aromatic heterocycles. The molecule has 1 aromatic carbocycles. The number of anilines is 2. The molecule has 1 amide bonds. The number of hydrogen-bond acceptors (Lipinski definition) is 8. The van der Waals surface area contributed by atoms with Crippen molar-refractivity contribution < 1.29 is 18.3 Å². The van der Waals surface area contributed by atoms with Crippen molar-refractivity contribution in [2.75, 3.05) is 36.1 Å². The highest BCUT2D eigenvalue weighted by Gasteiger charge is 2.18. The fourth-order valence-electron chi connectivity index (χ4n) is 2.84. The molecular formula is C19H23F2N7O2. The number of ether oxygens (including phenoxy) is 1. The lowest BCUT2D eigenvalue weighted by atomic mass is 10.2. The summed E-state index contributed by atoms with van der Waals surface area (Å²) in [6.45, 7) is 3.07. The minimum Gasteiger partial charge on any atom is -0.470 e. The molecule has 2 heterocycles. The summed E-state index contributed by atoms with van der Waals surface area (Å²) >= 11 is 0. The van der Waals surface area contributed by atoms with Crippen LogP contribution in [0.4, 0.5) is 20.3 Å². The molecule has 5 N–H and O–H groups in total. The smallest absolute Gasteiger partial charge is 0.263 e. The van der Waals surface area contributed by atoms with Crippen molar-refractivity contribution in [2.45, 2.75) is 13.3 Å². The molecule has 0 unspecified atom stereocenters. The fraction of sp³-hybridized carbons (Fsp3) is 0.316. The van der Waals surface area contributed by atoms with Gasteiger partial charge in [-0.3, -0.25) is 9.80 Å². The molecule has 1 aliphatic rings. The summed E-state index contributed by atoms with van der Waals surface area (Å²) in [7, 11) is 0. The number of alkyl halides is 2. The van der Waals surface area contributed by atoms with E-state index in [0.29, 0.717) is 36.0 Å². The van der Waals surface area contributed by atoms with E-state index in [1.54, 1.807) is 19.1 Å². The highest BCUT2D eigenvalue weighted by atomic mass is 19.3. The van der Waals surface area contributed by atoms with Crippen molar-refractivity contribution in [1.82, 2.24) is 15.5 Å². The lowest BCUT2D eigenvalue weighted by Gasteiger charge is -2.27. The van der Waals surface area contributed by atoms with Crippen molar-refractivity contribution in [3.8, 4) is 5.88 Å². The maximum atomic E-state index is 12.7. The van der Waals surface area contributed by atoms with Crippen molar-refractivity contribution >= 4 is 17.4 Å². The second-order valence-corrected chi connectivity index (χ2v) is 6.68. The Bertz CT molecular complexity index is 900. The summed E-state index contributed by atoms with van der Waals surface area (Å²) in [4.78, 5) is 13.3. The van der Waals surface area contributed by atoms with E-state index in [0.717, 1.165) is 0 Å². The number of carbonyl (C=O) groups is 1. The molecule has 0 spiro atoms. The van der Waals surface area contributed by atoms with Gasteiger partial charge in [0.15, 0.2) is 5.82 Å². The topological polar surface area (TPSA) is 123 Å². The quantitative estimate of drug-likeness (QED) is 0.453. The highest BCUT2D eigenvalue weighted by molar-refractivity contribution is 5.82. The molecule has 0 aliphatic carbocycles. The third-order valence-corrected chi connectivity index (χ3v) is 4.51. The molecule has 2 aromatic rings. The number of rotatable bonds is 7. The Balaban J connectivity index is 1.64. The number of hydrogen-bond donors (Lipinski definition) is 3. The van der Waals surface area contributed by atoms with Crippen LogP contribution in [0.1, 0.15) is 18.9 Å². The van der Waals surface area contributed by atoms with Crippen LogP contribution in [0.3, 0.4) is 0 Å². The van der Waals surface area contributed by atoms with E-state index in [1.807, 2.05) is 4.90 Å². The Labute approximate surface area is 172 Å². The van der Waals surface area contributed by atoms with E-state index in [1.165, 1.54) is 29.3 Å². The number of nitrogens with zero attached hydrogens (tertiary/aromatic N) is 4. The number of hydrazine groups is 1. The van der Waals surface area contributed by atoms with Gasteiger partial charge in [-0.1, -0.05) is 12.1 Å². The molecule has 9 nitrogen and oxygen atoms in total. The lowest BCUT2D eigenvalue weighted by Crippen LogP contribution is -2.48. The molecule has 1 saturated heterocycles. The van der Waals surface area contributed by atoms with E-state index in [2.05, 4.69) is 15.5 Å². The van der Waals surface area contributed by atoms with Crippen LogP contribution in [0, 0.1) is 0 Å². The van der Waals surface area contributed by atoms with Gasteiger partial charge < -0.3 is 20.7 Å². The van der Waals surface area contributed by atoms with Gasteiger partial charge in [0.2, 0.25) is 11.8 Å². The van der Waals surface area contributed by atoms with Crippen molar-refractivity contribution in [3.63, 3.8) is 0 Å². The van der Waals surface area contributed by atoms with Gasteiger partial charge in [-0.25, -0.2) is 14.6 Å². The standard InChI is InChI=1S/C19H23F2N7O2/c1-12(22)15(28(23)14-4-2-13(3-5-14)19(20)21)11-30-18-7-6-16(25-26-18)27-9-8-24-17(29)10-27/h2-7,19H,8-11,22-23H2,1H3,(H,24,29)/b15-12-. The first-order chi connectivity index (χ1) is 14.3. The molecule has 3 rings (SSSR count). The maximum Gasteiger partial charge on any atom is 0.263 e. The second-order valence-electron chi connectivity index (χ2n) is 6.68. The van der Waals surface area contributed by atoms with Crippen LogP contribution in [-0.4, -0.2) is 42.3 Å². The Morgan fingerprint density at radius 3 is 2.57 bits per heavy atom. The van der Waals surface area contributed by atoms with E-state index in [9.17, 15) is 13.6 Å². The number of carbonyl (C=O) groups excluding carboxylic acids is 1. The van der Waals surface area contributed by atoms with Crippen LogP contribution in [0.5, 0.6) is 5.88 Å². The second kappa shape index (κ2) is 9.35. The predicted molar refractivity (Wildman–Crippen MR) is 108 cm³/mol. The first-order valence-electron chi connectivity index (χ1n) is 9.21. The summed E-state index contributed by atoms with van der Waals surface area (Å²) < 4.78 is 31.1. The Kier molecular flexibility index (Phi) is 6.62. The predicted octanol–water partition coefficient (Wildman–Crippen LogP) is 1.30. The Morgan fingerprint density at radius 2 is 2.00 bits per heavy atom. The van der Waals surface area contributed by atoms with Crippen LogP contribution >= 0.6 is 0 Å². The molecule has 1 aliphatic heterocycles. The average Bonchev–Trinajstić information content (AvgIpc) is 2.74. The molecule has 0 radical (unpaired) electrons. The largest absolute Gasteiger partial charge is 0.470 e. The van der Waals surface area contributed by atoms with Gasteiger partial charge in [0, 0.05) is 30.4 Å². The summed E-state index contributed by atoms with van der Waals surface area (Å²) in [5.74, 6) is 6.87. The van der Waals surface area contributed by atoms with Crippen molar-refractivity contribution in [1.29, 1.82) is 0 Å². The Morgan fingerprint density at radius 1 is 1.27 bits per heavy atom. The molecule has 0 atom stereocenters. The monoisotopic (exact) mass is 419 g/mol. The zero-order valence-corrected chi connectivity index (χ0v) is 16.4. The lowest BCUT2D eigenvalue weighted by molar-refractivity contribution is -0.120. The number of piperazine rings is 1. The third kappa shape index (κ3) is 5.11.